The van der Waals surface area contributed by atoms with Crippen molar-refractivity contribution in [1.82, 2.24) is 15.5 Å². The van der Waals surface area contributed by atoms with E-state index in [1.54, 1.807) is 0 Å². The van der Waals surface area contributed by atoms with Crippen LogP contribution in [-0.2, 0) is 20.6 Å². The molecule has 1 aromatic heterocycles. The van der Waals surface area contributed by atoms with Crippen LogP contribution in [0.15, 0.2) is 4.52 Å². The van der Waals surface area contributed by atoms with Gasteiger partial charge >= 0.3 is 0 Å². The number of hydrogen-bond acceptors (Lipinski definition) is 7. The van der Waals surface area contributed by atoms with Crippen molar-refractivity contribution in [3.05, 3.63) is 11.7 Å². The molecule has 3 heterocycles. The molecule has 7 heteroatoms. The van der Waals surface area contributed by atoms with E-state index >= 15 is 0 Å². The summed E-state index contributed by atoms with van der Waals surface area (Å²) in [6.45, 7) is 4.39. The second kappa shape index (κ2) is 7.12. The molecular weight excluding hydrogens is 262 g/mol. The third-order valence-electron chi connectivity index (χ3n) is 3.54. The largest absolute Gasteiger partial charge is 0.378 e. The first-order valence-electron chi connectivity index (χ1n) is 7.26. The van der Waals surface area contributed by atoms with E-state index in [9.17, 15) is 0 Å². The number of ether oxygens (including phenoxy) is 3. The number of nitrogens with one attached hydrogen (secondary N) is 1. The van der Waals surface area contributed by atoms with Gasteiger partial charge in [0.1, 0.15) is 6.10 Å². The van der Waals surface area contributed by atoms with E-state index in [4.69, 9.17) is 18.7 Å². The Morgan fingerprint density at radius 1 is 1.25 bits per heavy atom. The zero-order valence-electron chi connectivity index (χ0n) is 11.5. The Morgan fingerprint density at radius 2 is 2.15 bits per heavy atom. The van der Waals surface area contributed by atoms with Crippen LogP contribution in [0.5, 0.6) is 0 Å². The van der Waals surface area contributed by atoms with Crippen molar-refractivity contribution >= 4 is 0 Å². The molecule has 112 valence electrons. The minimum Gasteiger partial charge on any atom is -0.378 e. The lowest BCUT2D eigenvalue weighted by Gasteiger charge is -2.22. The molecule has 2 aliphatic rings. The number of aromatic nitrogens is 2. The van der Waals surface area contributed by atoms with Gasteiger partial charge in [-0.3, -0.25) is 0 Å². The molecule has 0 aromatic carbocycles. The summed E-state index contributed by atoms with van der Waals surface area (Å²) in [7, 11) is 0. The number of hydrogen-bond donors (Lipinski definition) is 1. The Balaban J connectivity index is 1.42. The van der Waals surface area contributed by atoms with E-state index < -0.39 is 0 Å². The van der Waals surface area contributed by atoms with Crippen molar-refractivity contribution in [1.29, 1.82) is 0 Å². The van der Waals surface area contributed by atoms with E-state index in [2.05, 4.69) is 15.5 Å². The second-order valence-corrected chi connectivity index (χ2v) is 5.05. The number of nitrogens with zero attached hydrogens (tertiary/aromatic N) is 2. The van der Waals surface area contributed by atoms with Gasteiger partial charge in [-0.1, -0.05) is 5.16 Å². The quantitative estimate of drug-likeness (QED) is 0.841. The highest BCUT2D eigenvalue weighted by atomic mass is 16.6. The van der Waals surface area contributed by atoms with Gasteiger partial charge in [0, 0.05) is 0 Å². The summed E-state index contributed by atoms with van der Waals surface area (Å²) < 4.78 is 21.9. The maximum Gasteiger partial charge on any atom is 0.229 e. The van der Waals surface area contributed by atoms with E-state index in [-0.39, 0.29) is 6.10 Å². The number of piperidine rings is 1. The van der Waals surface area contributed by atoms with Crippen LogP contribution in [0.3, 0.4) is 0 Å². The minimum atomic E-state index is -0.202. The Hall–Kier alpha value is -1.02. The molecule has 1 atom stereocenters. The Bertz CT molecular complexity index is 400. The van der Waals surface area contributed by atoms with Crippen molar-refractivity contribution < 1.29 is 18.7 Å². The average molecular weight is 283 g/mol. The SMILES string of the molecule is C1CC(OCCc2nc(C3COCCO3)no2)CCN1. The molecule has 1 aromatic rings. The summed E-state index contributed by atoms with van der Waals surface area (Å²) in [4.78, 5) is 4.34. The van der Waals surface area contributed by atoms with Crippen molar-refractivity contribution in [3.8, 4) is 0 Å². The molecule has 20 heavy (non-hydrogen) atoms. The van der Waals surface area contributed by atoms with Crippen LogP contribution in [-0.4, -0.2) is 55.8 Å². The predicted octanol–water partition coefficient (Wildman–Crippen LogP) is 0.469. The molecule has 7 nitrogen and oxygen atoms in total. The molecule has 2 saturated heterocycles. The zero-order chi connectivity index (χ0) is 13.6. The van der Waals surface area contributed by atoms with E-state index in [0.717, 1.165) is 25.9 Å². The third kappa shape index (κ3) is 3.76. The third-order valence-corrected chi connectivity index (χ3v) is 3.54. The van der Waals surface area contributed by atoms with Gasteiger partial charge in [0.05, 0.1) is 39.0 Å². The molecule has 0 amide bonds. The molecule has 3 rings (SSSR count). The van der Waals surface area contributed by atoms with Gasteiger partial charge in [-0.05, 0) is 25.9 Å². The minimum absolute atomic E-state index is 0.202. The first-order chi connectivity index (χ1) is 9.92. The Kier molecular flexibility index (Phi) is 4.96. The van der Waals surface area contributed by atoms with Crippen LogP contribution in [0.4, 0.5) is 0 Å². The summed E-state index contributed by atoms with van der Waals surface area (Å²) in [5.74, 6) is 1.17. The van der Waals surface area contributed by atoms with E-state index in [1.807, 2.05) is 0 Å². The molecule has 2 aliphatic heterocycles. The van der Waals surface area contributed by atoms with Gasteiger partial charge < -0.3 is 24.1 Å². The highest BCUT2D eigenvalue weighted by Gasteiger charge is 2.22. The molecular formula is C13H21N3O4. The molecule has 0 aliphatic carbocycles. The fraction of sp³-hybridized carbons (Fsp3) is 0.846. The maximum absolute atomic E-state index is 5.82. The van der Waals surface area contributed by atoms with Crippen LogP contribution in [0.2, 0.25) is 0 Å². The van der Waals surface area contributed by atoms with E-state index in [0.29, 0.717) is 50.7 Å². The number of rotatable bonds is 5. The molecule has 0 spiro atoms. The highest BCUT2D eigenvalue weighted by Crippen LogP contribution is 2.18. The average Bonchev–Trinajstić information content (AvgIpc) is 2.98. The van der Waals surface area contributed by atoms with Crippen LogP contribution in [0.25, 0.3) is 0 Å². The lowest BCUT2D eigenvalue weighted by Crippen LogP contribution is -2.32. The smallest absolute Gasteiger partial charge is 0.229 e. The van der Waals surface area contributed by atoms with Gasteiger partial charge in [0.15, 0.2) is 0 Å². The van der Waals surface area contributed by atoms with E-state index in [1.165, 1.54) is 0 Å². The lowest BCUT2D eigenvalue weighted by atomic mass is 10.1. The highest BCUT2D eigenvalue weighted by molar-refractivity contribution is 4.92. The van der Waals surface area contributed by atoms with Crippen LogP contribution >= 0.6 is 0 Å². The van der Waals surface area contributed by atoms with Crippen molar-refractivity contribution in [2.75, 3.05) is 39.5 Å². The molecule has 0 saturated carbocycles. The molecule has 1 N–H and O–H groups in total. The molecule has 0 bridgehead atoms. The summed E-state index contributed by atoms with van der Waals surface area (Å²) in [6.07, 6.45) is 2.94. The van der Waals surface area contributed by atoms with Gasteiger partial charge in [-0.15, -0.1) is 0 Å². The van der Waals surface area contributed by atoms with Gasteiger partial charge in [-0.25, -0.2) is 0 Å². The summed E-state index contributed by atoms with van der Waals surface area (Å²) in [5.41, 5.74) is 0. The topological polar surface area (TPSA) is 78.6 Å². The first-order valence-corrected chi connectivity index (χ1v) is 7.26. The summed E-state index contributed by atoms with van der Waals surface area (Å²) in [5, 5.41) is 7.26. The Labute approximate surface area is 118 Å². The Morgan fingerprint density at radius 3 is 2.95 bits per heavy atom. The summed E-state index contributed by atoms with van der Waals surface area (Å²) in [6, 6.07) is 0. The second-order valence-electron chi connectivity index (χ2n) is 5.05. The fourth-order valence-corrected chi connectivity index (χ4v) is 2.41. The van der Waals surface area contributed by atoms with Crippen LogP contribution < -0.4 is 5.32 Å². The molecule has 1 unspecified atom stereocenters. The fourth-order valence-electron chi connectivity index (χ4n) is 2.41. The van der Waals surface area contributed by atoms with Crippen molar-refractivity contribution in [3.63, 3.8) is 0 Å². The van der Waals surface area contributed by atoms with Crippen molar-refractivity contribution in [2.45, 2.75) is 31.5 Å². The maximum atomic E-state index is 5.82. The van der Waals surface area contributed by atoms with Crippen molar-refractivity contribution in [2.24, 2.45) is 0 Å². The van der Waals surface area contributed by atoms with Crippen LogP contribution in [0, 0.1) is 0 Å². The zero-order valence-corrected chi connectivity index (χ0v) is 11.5. The van der Waals surface area contributed by atoms with Crippen LogP contribution in [0.1, 0.15) is 30.7 Å². The monoisotopic (exact) mass is 283 g/mol. The lowest BCUT2D eigenvalue weighted by molar-refractivity contribution is -0.0941. The summed E-state index contributed by atoms with van der Waals surface area (Å²) >= 11 is 0. The normalized spacial score (nSPS) is 24.9. The van der Waals surface area contributed by atoms with Gasteiger partial charge in [-0.2, -0.15) is 4.98 Å². The molecule has 0 radical (unpaired) electrons. The van der Waals surface area contributed by atoms with Gasteiger partial charge in [0.25, 0.3) is 0 Å². The standard InChI is InChI=1S/C13H21N3O4/c1-4-14-5-2-10(1)18-6-3-12-15-13(16-20-12)11-9-17-7-8-19-11/h10-11,14H,1-9H2. The predicted molar refractivity (Wildman–Crippen MR) is 69.4 cm³/mol. The molecule has 2 fully saturated rings. The van der Waals surface area contributed by atoms with Gasteiger partial charge in [0.2, 0.25) is 11.7 Å². The first kappa shape index (κ1) is 13.9.